The summed E-state index contributed by atoms with van der Waals surface area (Å²) in [6.07, 6.45) is 1.10. The molecule has 0 aliphatic rings. The number of nitrogens with zero attached hydrogens (tertiary/aromatic N) is 2. The number of furan rings is 2. The van der Waals surface area contributed by atoms with Gasteiger partial charge in [-0.1, -0.05) is 48.0 Å². The molecule has 6 rings (SSSR count). The van der Waals surface area contributed by atoms with Crippen LogP contribution in [0.2, 0.25) is 0 Å². The Hall–Kier alpha value is -5.09. The van der Waals surface area contributed by atoms with E-state index in [0.717, 1.165) is 21.5 Å². The fourth-order valence-electron chi connectivity index (χ4n) is 4.92. The van der Waals surface area contributed by atoms with Gasteiger partial charge in [-0.3, -0.25) is 9.10 Å². The third-order valence-corrected chi connectivity index (χ3v) is 8.41. The van der Waals surface area contributed by atoms with Gasteiger partial charge in [0.15, 0.2) is 5.76 Å². The lowest BCUT2D eigenvalue weighted by Gasteiger charge is -2.20. The van der Waals surface area contributed by atoms with Gasteiger partial charge in [-0.2, -0.15) is 0 Å². The molecule has 10 heteroatoms. The van der Waals surface area contributed by atoms with Crippen LogP contribution in [0.15, 0.2) is 87.7 Å². The molecule has 0 spiro atoms. The highest BCUT2D eigenvalue weighted by atomic mass is 32.2. The Kier molecular flexibility index (Phi) is 6.50. The van der Waals surface area contributed by atoms with E-state index in [1.165, 1.54) is 20.2 Å². The van der Waals surface area contributed by atoms with Gasteiger partial charge in [0.05, 0.1) is 23.2 Å². The normalized spacial score (nSPS) is 11.7. The Morgan fingerprint density at radius 3 is 2.38 bits per heavy atom. The standard InChI is InChI=1S/C32H27N3O6S/c1-18-9-11-19(12-10-18)31-29(32(37)33-2)22-16-21(24(17-27(22)41-31)35(3)42(4,38)39)23-13-14-25(36)30(34-23)28-15-20-7-5-6-8-26(20)40-28/h5-17,36H,1-4H3,(H,33,37). The molecule has 0 aliphatic carbocycles. The minimum atomic E-state index is -3.71. The van der Waals surface area contributed by atoms with Gasteiger partial charge in [0.2, 0.25) is 10.0 Å². The van der Waals surface area contributed by atoms with Crippen molar-refractivity contribution in [2.24, 2.45) is 0 Å². The smallest absolute Gasteiger partial charge is 0.255 e. The average molecular weight is 582 g/mol. The minimum Gasteiger partial charge on any atom is -0.506 e. The van der Waals surface area contributed by atoms with Crippen molar-refractivity contribution in [3.05, 3.63) is 90.0 Å². The summed E-state index contributed by atoms with van der Waals surface area (Å²) in [5.41, 5.74) is 4.26. The van der Waals surface area contributed by atoms with Gasteiger partial charge in [-0.05, 0) is 37.3 Å². The van der Waals surface area contributed by atoms with Crippen molar-refractivity contribution in [2.75, 3.05) is 24.7 Å². The van der Waals surface area contributed by atoms with Crippen molar-refractivity contribution in [2.45, 2.75) is 6.92 Å². The molecule has 0 saturated carbocycles. The summed E-state index contributed by atoms with van der Waals surface area (Å²) in [5.74, 6) is 0.246. The first-order chi connectivity index (χ1) is 20.0. The highest BCUT2D eigenvalue weighted by Gasteiger charge is 2.27. The summed E-state index contributed by atoms with van der Waals surface area (Å²) in [6.45, 7) is 1.96. The Balaban J connectivity index is 1.63. The van der Waals surface area contributed by atoms with Crippen molar-refractivity contribution >= 4 is 43.6 Å². The second-order valence-electron chi connectivity index (χ2n) is 10.1. The Morgan fingerprint density at radius 1 is 0.952 bits per heavy atom. The van der Waals surface area contributed by atoms with E-state index in [0.29, 0.717) is 50.5 Å². The van der Waals surface area contributed by atoms with Crippen LogP contribution < -0.4 is 9.62 Å². The van der Waals surface area contributed by atoms with Gasteiger partial charge in [0, 0.05) is 42.1 Å². The summed E-state index contributed by atoms with van der Waals surface area (Å²) in [6, 6.07) is 23.1. The molecule has 0 bridgehead atoms. The summed E-state index contributed by atoms with van der Waals surface area (Å²) in [5, 5.41) is 14.7. The summed E-state index contributed by atoms with van der Waals surface area (Å²) in [7, 11) is -0.737. The van der Waals surface area contributed by atoms with Gasteiger partial charge in [-0.15, -0.1) is 0 Å². The van der Waals surface area contributed by atoms with E-state index in [9.17, 15) is 18.3 Å². The molecule has 3 heterocycles. The van der Waals surface area contributed by atoms with E-state index < -0.39 is 10.0 Å². The van der Waals surface area contributed by atoms with Crippen LogP contribution in [0.25, 0.3) is 56.0 Å². The molecule has 6 aromatic rings. The number of sulfonamides is 1. The van der Waals surface area contributed by atoms with E-state index in [-0.39, 0.29) is 23.0 Å². The monoisotopic (exact) mass is 581 g/mol. The highest BCUT2D eigenvalue weighted by Crippen LogP contribution is 2.42. The number of hydrogen-bond acceptors (Lipinski definition) is 7. The maximum Gasteiger partial charge on any atom is 0.255 e. The van der Waals surface area contributed by atoms with Crippen LogP contribution >= 0.6 is 0 Å². The molecule has 0 saturated heterocycles. The molecule has 212 valence electrons. The van der Waals surface area contributed by atoms with Gasteiger partial charge in [-0.25, -0.2) is 13.4 Å². The molecule has 2 N–H and O–H groups in total. The maximum absolute atomic E-state index is 13.2. The van der Waals surface area contributed by atoms with Crippen LogP contribution in [0, 0.1) is 6.92 Å². The Morgan fingerprint density at radius 2 is 1.69 bits per heavy atom. The highest BCUT2D eigenvalue weighted by molar-refractivity contribution is 7.92. The maximum atomic E-state index is 13.2. The number of fused-ring (bicyclic) bond motifs is 2. The SMILES string of the molecule is CNC(=O)c1c(-c2ccc(C)cc2)oc2cc(N(C)S(C)(=O)=O)c(-c3ccc(O)c(-c4cc5ccccc5o4)n3)cc12. The number of anilines is 1. The zero-order chi connectivity index (χ0) is 29.8. The minimum absolute atomic E-state index is 0.104. The predicted octanol–water partition coefficient (Wildman–Crippen LogP) is 6.34. The van der Waals surface area contributed by atoms with Crippen LogP contribution in [0.1, 0.15) is 15.9 Å². The van der Waals surface area contributed by atoms with Gasteiger partial charge in [0.25, 0.3) is 5.91 Å². The van der Waals surface area contributed by atoms with Crippen molar-refractivity contribution in [1.29, 1.82) is 0 Å². The lowest BCUT2D eigenvalue weighted by atomic mass is 10.00. The molecule has 1 amide bonds. The molecule has 3 aromatic heterocycles. The quantitative estimate of drug-likeness (QED) is 0.235. The molecule has 0 atom stereocenters. The number of hydrogen-bond donors (Lipinski definition) is 2. The second-order valence-corrected chi connectivity index (χ2v) is 12.1. The molecular formula is C32H27N3O6S. The van der Waals surface area contributed by atoms with Crippen molar-refractivity contribution < 1.29 is 27.2 Å². The average Bonchev–Trinajstić information content (AvgIpc) is 3.57. The molecule has 0 unspecified atom stereocenters. The number of para-hydroxylation sites is 1. The lowest BCUT2D eigenvalue weighted by Crippen LogP contribution is -2.25. The second kappa shape index (κ2) is 10.1. The number of aryl methyl sites for hydroxylation is 1. The molecule has 9 nitrogen and oxygen atoms in total. The zero-order valence-electron chi connectivity index (χ0n) is 23.3. The summed E-state index contributed by atoms with van der Waals surface area (Å²) >= 11 is 0. The number of amides is 1. The topological polar surface area (TPSA) is 126 Å². The third kappa shape index (κ3) is 4.65. The van der Waals surface area contributed by atoms with Crippen LogP contribution in [0.4, 0.5) is 5.69 Å². The molecule has 0 radical (unpaired) electrons. The summed E-state index contributed by atoms with van der Waals surface area (Å²) in [4.78, 5) is 17.9. The number of nitrogens with one attached hydrogen (secondary N) is 1. The van der Waals surface area contributed by atoms with Crippen LogP contribution in [0.3, 0.4) is 0 Å². The first kappa shape index (κ1) is 27.1. The van der Waals surface area contributed by atoms with E-state index in [2.05, 4.69) is 5.32 Å². The third-order valence-electron chi connectivity index (χ3n) is 7.22. The number of rotatable bonds is 6. The number of pyridine rings is 1. The summed E-state index contributed by atoms with van der Waals surface area (Å²) < 4.78 is 38.8. The van der Waals surface area contributed by atoms with E-state index in [4.69, 9.17) is 13.8 Å². The van der Waals surface area contributed by atoms with Crippen LogP contribution in [0.5, 0.6) is 5.75 Å². The molecule has 42 heavy (non-hydrogen) atoms. The lowest BCUT2D eigenvalue weighted by molar-refractivity contribution is 0.0964. The number of carbonyl (C=O) groups excluding carboxylic acids is 1. The van der Waals surface area contributed by atoms with Gasteiger partial charge < -0.3 is 19.3 Å². The van der Waals surface area contributed by atoms with Crippen LogP contribution in [-0.2, 0) is 10.0 Å². The fraction of sp³-hybridized carbons (Fsp3) is 0.125. The first-order valence-corrected chi connectivity index (χ1v) is 14.9. The molecule has 0 fully saturated rings. The Bertz CT molecular complexity index is 2080. The van der Waals surface area contributed by atoms with Crippen molar-refractivity contribution in [1.82, 2.24) is 10.3 Å². The number of carbonyl (C=O) groups is 1. The molecular weight excluding hydrogens is 554 g/mol. The van der Waals surface area contributed by atoms with Crippen LogP contribution in [-0.4, -0.2) is 44.8 Å². The van der Waals surface area contributed by atoms with E-state index in [1.807, 2.05) is 55.5 Å². The van der Waals surface area contributed by atoms with Crippen molar-refractivity contribution in [3.63, 3.8) is 0 Å². The van der Waals surface area contributed by atoms with E-state index in [1.54, 1.807) is 24.3 Å². The van der Waals surface area contributed by atoms with E-state index >= 15 is 0 Å². The zero-order valence-corrected chi connectivity index (χ0v) is 24.1. The van der Waals surface area contributed by atoms with Crippen molar-refractivity contribution in [3.8, 4) is 39.8 Å². The van der Waals surface area contributed by atoms with Gasteiger partial charge in [0.1, 0.15) is 28.4 Å². The number of benzene rings is 3. The fourth-order valence-corrected chi connectivity index (χ4v) is 5.43. The number of aromatic hydroxyl groups is 1. The number of aromatic nitrogens is 1. The predicted molar refractivity (Wildman–Crippen MR) is 163 cm³/mol. The first-order valence-electron chi connectivity index (χ1n) is 13.1. The molecule has 3 aromatic carbocycles. The Labute approximate surface area is 242 Å². The van der Waals surface area contributed by atoms with Gasteiger partial charge >= 0.3 is 0 Å². The molecule has 0 aliphatic heterocycles. The largest absolute Gasteiger partial charge is 0.506 e.